The number of aryl methyl sites for hydroxylation is 1. The second-order valence-electron chi connectivity index (χ2n) is 8.72. The van der Waals surface area contributed by atoms with Crippen LogP contribution < -0.4 is 5.56 Å². The molecule has 0 radical (unpaired) electrons. The first-order valence-electron chi connectivity index (χ1n) is 11.4. The van der Waals surface area contributed by atoms with Crippen LogP contribution in [0.2, 0.25) is 0 Å². The summed E-state index contributed by atoms with van der Waals surface area (Å²) in [6.45, 7) is 4.72. The van der Waals surface area contributed by atoms with Crippen LogP contribution in [-0.2, 0) is 26.1 Å². The van der Waals surface area contributed by atoms with Gasteiger partial charge in [0.05, 0.1) is 18.6 Å². The molecule has 0 N–H and O–H groups in total. The molecule has 0 amide bonds. The average Bonchev–Trinajstić information content (AvgIpc) is 3.02. The quantitative estimate of drug-likeness (QED) is 0.632. The van der Waals surface area contributed by atoms with Crippen LogP contribution in [0.1, 0.15) is 43.8 Å². The highest BCUT2D eigenvalue weighted by Crippen LogP contribution is 2.22. The molecule has 0 bridgehead atoms. The van der Waals surface area contributed by atoms with E-state index in [-0.39, 0.29) is 5.56 Å². The van der Waals surface area contributed by atoms with E-state index in [0.717, 1.165) is 69.2 Å². The second-order valence-corrected chi connectivity index (χ2v) is 8.72. The van der Waals surface area contributed by atoms with Gasteiger partial charge in [0.2, 0.25) is 0 Å². The van der Waals surface area contributed by atoms with E-state index in [4.69, 9.17) is 0 Å². The lowest BCUT2D eigenvalue weighted by atomic mass is 9.96. The number of likely N-dealkylation sites (tertiary alicyclic amines) is 1. The van der Waals surface area contributed by atoms with Crippen molar-refractivity contribution in [2.45, 2.75) is 58.2 Å². The molecule has 0 spiro atoms. The average molecular weight is 420 g/mol. The van der Waals surface area contributed by atoms with Crippen LogP contribution in [0.5, 0.6) is 0 Å². The summed E-state index contributed by atoms with van der Waals surface area (Å²) in [6, 6.07) is 5.39. The largest absolute Gasteiger partial charge is 0.314 e. The molecule has 2 aliphatic rings. The summed E-state index contributed by atoms with van der Waals surface area (Å²) in [5, 5.41) is 8.91. The lowest BCUT2D eigenvalue weighted by Gasteiger charge is -2.31. The first-order valence-corrected chi connectivity index (χ1v) is 11.4. The SMILES string of the molecule is O=c1cc(-c2cccnc2)ncn1CC1CCN(Cc2nnc3n2CCCCC3)CC1. The van der Waals surface area contributed by atoms with Gasteiger partial charge in [-0.3, -0.25) is 19.2 Å². The molecule has 1 saturated heterocycles. The number of pyridine rings is 1. The van der Waals surface area contributed by atoms with Crippen molar-refractivity contribution >= 4 is 0 Å². The molecule has 0 unspecified atom stereocenters. The minimum Gasteiger partial charge on any atom is -0.314 e. The van der Waals surface area contributed by atoms with Gasteiger partial charge in [-0.25, -0.2) is 4.98 Å². The van der Waals surface area contributed by atoms with Crippen LogP contribution in [0, 0.1) is 5.92 Å². The zero-order valence-electron chi connectivity index (χ0n) is 17.9. The van der Waals surface area contributed by atoms with E-state index in [1.807, 2.05) is 12.1 Å². The van der Waals surface area contributed by atoms with Gasteiger partial charge in [-0.1, -0.05) is 6.42 Å². The maximum atomic E-state index is 12.6. The Morgan fingerprint density at radius 2 is 1.97 bits per heavy atom. The summed E-state index contributed by atoms with van der Waals surface area (Å²) >= 11 is 0. The molecule has 0 aliphatic carbocycles. The van der Waals surface area contributed by atoms with Gasteiger partial charge in [0.15, 0.2) is 0 Å². The Balaban J connectivity index is 1.17. The van der Waals surface area contributed by atoms with Gasteiger partial charge in [0, 0.05) is 43.5 Å². The zero-order valence-corrected chi connectivity index (χ0v) is 17.9. The Labute approximate surface area is 182 Å². The number of hydrogen-bond donors (Lipinski definition) is 0. The van der Waals surface area contributed by atoms with Crippen LogP contribution in [-0.4, -0.2) is 47.3 Å². The van der Waals surface area contributed by atoms with Crippen molar-refractivity contribution in [2.24, 2.45) is 5.92 Å². The third-order valence-electron chi connectivity index (χ3n) is 6.55. The molecule has 5 rings (SSSR count). The summed E-state index contributed by atoms with van der Waals surface area (Å²) in [5.74, 6) is 2.77. The fourth-order valence-corrected chi connectivity index (χ4v) is 4.70. The number of nitrogens with zero attached hydrogens (tertiary/aromatic N) is 7. The third kappa shape index (κ3) is 4.58. The number of hydrogen-bond acceptors (Lipinski definition) is 6. The Bertz CT molecular complexity index is 1070. The normalized spacial score (nSPS) is 17.9. The molecule has 31 heavy (non-hydrogen) atoms. The fourth-order valence-electron chi connectivity index (χ4n) is 4.70. The fraction of sp³-hybridized carbons (Fsp3) is 0.522. The molecule has 0 aromatic carbocycles. The minimum atomic E-state index is 0.00226. The smallest absolute Gasteiger partial charge is 0.253 e. The Morgan fingerprint density at radius 3 is 2.77 bits per heavy atom. The second kappa shape index (κ2) is 9.09. The summed E-state index contributed by atoms with van der Waals surface area (Å²) in [5.41, 5.74) is 1.55. The predicted molar refractivity (Wildman–Crippen MR) is 117 cm³/mol. The monoisotopic (exact) mass is 419 g/mol. The number of aromatic nitrogens is 6. The molecule has 5 heterocycles. The Kier molecular flexibility index (Phi) is 5.88. The van der Waals surface area contributed by atoms with E-state index in [0.29, 0.717) is 11.6 Å². The van der Waals surface area contributed by atoms with Crippen LogP contribution in [0.15, 0.2) is 41.7 Å². The predicted octanol–water partition coefficient (Wildman–Crippen LogP) is 2.54. The van der Waals surface area contributed by atoms with Gasteiger partial charge in [0.25, 0.3) is 5.56 Å². The molecule has 3 aromatic heterocycles. The van der Waals surface area contributed by atoms with E-state index in [1.165, 1.54) is 19.3 Å². The number of fused-ring (bicyclic) bond motifs is 1. The van der Waals surface area contributed by atoms with Crippen LogP contribution in [0.4, 0.5) is 0 Å². The summed E-state index contributed by atoms with van der Waals surface area (Å²) in [6.07, 6.45) is 12.1. The Morgan fingerprint density at radius 1 is 1.06 bits per heavy atom. The molecule has 8 nitrogen and oxygen atoms in total. The third-order valence-corrected chi connectivity index (χ3v) is 6.55. The maximum absolute atomic E-state index is 12.6. The van der Waals surface area contributed by atoms with Gasteiger partial charge in [-0.05, 0) is 56.8 Å². The van der Waals surface area contributed by atoms with Gasteiger partial charge < -0.3 is 4.57 Å². The first-order chi connectivity index (χ1) is 15.3. The molecule has 8 heteroatoms. The summed E-state index contributed by atoms with van der Waals surface area (Å²) < 4.78 is 4.09. The van der Waals surface area contributed by atoms with Crippen molar-refractivity contribution in [3.63, 3.8) is 0 Å². The molecule has 0 saturated carbocycles. The van der Waals surface area contributed by atoms with Gasteiger partial charge >= 0.3 is 0 Å². The lowest BCUT2D eigenvalue weighted by Crippen LogP contribution is -2.36. The lowest BCUT2D eigenvalue weighted by molar-refractivity contribution is 0.161. The minimum absolute atomic E-state index is 0.00226. The topological polar surface area (TPSA) is 81.7 Å². The van der Waals surface area contributed by atoms with Gasteiger partial charge in [-0.15, -0.1) is 10.2 Å². The highest BCUT2D eigenvalue weighted by molar-refractivity contribution is 5.56. The van der Waals surface area contributed by atoms with E-state index >= 15 is 0 Å². The van der Waals surface area contributed by atoms with Gasteiger partial charge in [0.1, 0.15) is 11.6 Å². The van der Waals surface area contributed by atoms with E-state index in [9.17, 15) is 4.79 Å². The van der Waals surface area contributed by atoms with E-state index < -0.39 is 0 Å². The van der Waals surface area contributed by atoms with Crippen molar-refractivity contribution in [1.82, 2.24) is 34.2 Å². The summed E-state index contributed by atoms with van der Waals surface area (Å²) in [7, 11) is 0. The van der Waals surface area contributed by atoms with E-state index in [2.05, 4.69) is 29.6 Å². The van der Waals surface area contributed by atoms with Crippen molar-refractivity contribution in [3.8, 4) is 11.3 Å². The molecular formula is C23H29N7O. The molecule has 1 fully saturated rings. The maximum Gasteiger partial charge on any atom is 0.253 e. The summed E-state index contributed by atoms with van der Waals surface area (Å²) in [4.78, 5) is 23.7. The van der Waals surface area contributed by atoms with E-state index in [1.54, 1.807) is 29.4 Å². The zero-order chi connectivity index (χ0) is 21.0. The van der Waals surface area contributed by atoms with Gasteiger partial charge in [-0.2, -0.15) is 0 Å². The van der Waals surface area contributed by atoms with Crippen molar-refractivity contribution in [2.75, 3.05) is 13.1 Å². The van der Waals surface area contributed by atoms with Crippen LogP contribution in [0.25, 0.3) is 11.3 Å². The van der Waals surface area contributed by atoms with Crippen LogP contribution in [0.3, 0.4) is 0 Å². The molecular weight excluding hydrogens is 390 g/mol. The highest BCUT2D eigenvalue weighted by Gasteiger charge is 2.23. The molecule has 3 aromatic rings. The number of rotatable bonds is 5. The van der Waals surface area contributed by atoms with Crippen molar-refractivity contribution in [1.29, 1.82) is 0 Å². The van der Waals surface area contributed by atoms with Crippen molar-refractivity contribution in [3.05, 3.63) is 58.9 Å². The molecule has 0 atom stereocenters. The standard InChI is InChI=1S/C23H29N7O/c31-23-13-20(19-5-4-9-24-14-19)25-17-29(23)15-18-7-11-28(12-8-18)16-22-27-26-21-6-2-1-3-10-30(21)22/h4-5,9,13-14,17-18H,1-3,6-8,10-12,15-16H2. The highest BCUT2D eigenvalue weighted by atomic mass is 16.1. The van der Waals surface area contributed by atoms with Crippen molar-refractivity contribution < 1.29 is 0 Å². The number of piperidine rings is 1. The van der Waals surface area contributed by atoms with Crippen LogP contribution >= 0.6 is 0 Å². The molecule has 162 valence electrons. The Hall–Kier alpha value is -2.87. The molecule has 2 aliphatic heterocycles. The first kappa shape index (κ1) is 20.1.